The first kappa shape index (κ1) is 22.7. The number of rotatable bonds is 6. The van der Waals surface area contributed by atoms with Crippen LogP contribution in [-0.2, 0) is 15.3 Å². The zero-order chi connectivity index (χ0) is 22.8. The van der Waals surface area contributed by atoms with Crippen LogP contribution in [0, 0.1) is 0 Å². The van der Waals surface area contributed by atoms with Crippen molar-refractivity contribution in [3.63, 3.8) is 0 Å². The lowest BCUT2D eigenvalue weighted by Gasteiger charge is -2.28. The van der Waals surface area contributed by atoms with Gasteiger partial charge in [-0.3, -0.25) is 0 Å². The number of benzene rings is 2. The molecule has 0 aliphatic carbocycles. The summed E-state index contributed by atoms with van der Waals surface area (Å²) >= 11 is 11.3. The van der Waals surface area contributed by atoms with Gasteiger partial charge >= 0.3 is 5.97 Å². The second-order valence-corrected chi connectivity index (χ2v) is 9.25. The van der Waals surface area contributed by atoms with E-state index in [9.17, 15) is 4.79 Å². The summed E-state index contributed by atoms with van der Waals surface area (Å²) in [4.78, 5) is 17.4. The van der Waals surface area contributed by atoms with Gasteiger partial charge in [0.25, 0.3) is 0 Å². The van der Waals surface area contributed by atoms with Gasteiger partial charge in [0, 0.05) is 26.5 Å². The van der Waals surface area contributed by atoms with E-state index >= 15 is 0 Å². The number of carbonyl (C=O) groups excluding carboxylic acids is 1. The number of esters is 1. The van der Waals surface area contributed by atoms with Crippen LogP contribution in [0.5, 0.6) is 5.75 Å². The van der Waals surface area contributed by atoms with Gasteiger partial charge in [-0.25, -0.2) is 9.48 Å². The van der Waals surface area contributed by atoms with Crippen molar-refractivity contribution in [3.8, 4) is 5.75 Å². The largest absolute Gasteiger partial charge is 0.496 e. The van der Waals surface area contributed by atoms with Gasteiger partial charge in [-0.15, -0.1) is 5.10 Å². The Bertz CT molecular complexity index is 1210. The quantitative estimate of drug-likeness (QED) is 0.332. The molecule has 0 bridgehead atoms. The van der Waals surface area contributed by atoms with Crippen LogP contribution in [-0.4, -0.2) is 35.0 Å². The molecule has 0 saturated carbocycles. The molecule has 0 saturated heterocycles. The lowest BCUT2D eigenvalue weighted by atomic mass is 9.95. The van der Waals surface area contributed by atoms with Crippen LogP contribution in [0.2, 0.25) is 5.02 Å². The molecule has 7 nitrogen and oxygen atoms in total. The first-order chi connectivity index (χ1) is 15.4. The molecule has 1 aromatic heterocycles. The van der Waals surface area contributed by atoms with Crippen molar-refractivity contribution in [3.05, 3.63) is 74.4 Å². The number of ether oxygens (including phenoxy) is 2. The third kappa shape index (κ3) is 4.37. The molecule has 0 fully saturated rings. The van der Waals surface area contributed by atoms with E-state index in [4.69, 9.17) is 26.2 Å². The molecule has 1 atom stereocenters. The molecule has 0 amide bonds. The van der Waals surface area contributed by atoms with Gasteiger partial charge in [-0.2, -0.15) is 4.98 Å². The topological polar surface area (TPSA) is 78.3 Å². The molecule has 10 heteroatoms. The molecule has 1 aliphatic heterocycles. The molecule has 1 aliphatic rings. The summed E-state index contributed by atoms with van der Waals surface area (Å²) in [7, 11) is 2.95. The average molecular weight is 536 g/mol. The zero-order valence-electron chi connectivity index (χ0n) is 17.6. The number of halogens is 2. The Balaban J connectivity index is 1.77. The monoisotopic (exact) mass is 534 g/mol. The summed E-state index contributed by atoms with van der Waals surface area (Å²) in [5, 5.41) is 9.15. The molecule has 1 N–H and O–H groups in total. The number of methoxy groups -OCH3 is 2. The first-order valence-corrected chi connectivity index (χ1v) is 11.8. The zero-order valence-corrected chi connectivity index (χ0v) is 20.7. The van der Waals surface area contributed by atoms with Gasteiger partial charge in [0.15, 0.2) is 0 Å². The lowest BCUT2D eigenvalue weighted by Crippen LogP contribution is -2.29. The maximum absolute atomic E-state index is 12.8. The number of hydrogen-bond donors (Lipinski definition) is 1. The minimum absolute atomic E-state index is 0.434. The molecule has 32 heavy (non-hydrogen) atoms. The second-order valence-electron chi connectivity index (χ2n) is 6.99. The fraction of sp³-hybridized carbons (Fsp3) is 0.227. The summed E-state index contributed by atoms with van der Waals surface area (Å²) in [5.74, 6) is 1.32. The van der Waals surface area contributed by atoms with E-state index in [1.165, 1.54) is 18.9 Å². The average Bonchev–Trinajstić information content (AvgIpc) is 3.19. The highest BCUT2D eigenvalue weighted by Crippen LogP contribution is 2.41. The van der Waals surface area contributed by atoms with Crippen LogP contribution in [0.4, 0.5) is 5.95 Å². The van der Waals surface area contributed by atoms with Gasteiger partial charge in [0.1, 0.15) is 11.8 Å². The number of nitrogens with one attached hydrogen (secondary N) is 1. The third-order valence-electron chi connectivity index (χ3n) is 5.04. The van der Waals surface area contributed by atoms with Crippen LogP contribution >= 0.6 is 39.3 Å². The summed E-state index contributed by atoms with van der Waals surface area (Å²) in [6, 6.07) is 12.7. The van der Waals surface area contributed by atoms with Crippen LogP contribution in [0.3, 0.4) is 0 Å². The molecule has 2 aromatic carbocycles. The molecule has 3 aromatic rings. The van der Waals surface area contributed by atoms with Gasteiger partial charge < -0.3 is 14.8 Å². The molecular weight excluding hydrogens is 516 g/mol. The lowest BCUT2D eigenvalue weighted by molar-refractivity contribution is -0.136. The number of fused-ring (bicyclic) bond motifs is 1. The van der Waals surface area contributed by atoms with Crippen molar-refractivity contribution < 1.29 is 14.3 Å². The number of anilines is 1. The van der Waals surface area contributed by atoms with Crippen molar-refractivity contribution in [2.24, 2.45) is 0 Å². The fourth-order valence-electron chi connectivity index (χ4n) is 3.53. The number of aromatic nitrogens is 3. The normalized spacial score (nSPS) is 15.2. The van der Waals surface area contributed by atoms with Crippen LogP contribution in [0.15, 0.2) is 63.4 Å². The van der Waals surface area contributed by atoms with E-state index < -0.39 is 12.0 Å². The molecule has 0 radical (unpaired) electrons. The number of carbonyl (C=O) groups is 1. The van der Waals surface area contributed by atoms with Gasteiger partial charge in [0.05, 0.1) is 19.8 Å². The highest BCUT2D eigenvalue weighted by molar-refractivity contribution is 9.10. The summed E-state index contributed by atoms with van der Waals surface area (Å²) in [5.41, 5.74) is 2.84. The highest BCUT2D eigenvalue weighted by atomic mass is 79.9. The Morgan fingerprint density at radius 3 is 2.78 bits per heavy atom. The molecule has 166 valence electrons. The van der Waals surface area contributed by atoms with Crippen molar-refractivity contribution >= 4 is 51.2 Å². The van der Waals surface area contributed by atoms with Gasteiger partial charge in [-0.05, 0) is 36.8 Å². The Morgan fingerprint density at radius 1 is 1.28 bits per heavy atom. The molecular formula is C22H20BrClN4O3S. The van der Waals surface area contributed by atoms with Crippen LogP contribution in [0.25, 0.3) is 0 Å². The SMILES string of the molecule is COC(=O)C1=C(C)Nc2nc(SCc3ccccc3Cl)nn2C1c1cc(Br)ccc1OC. The molecule has 0 spiro atoms. The van der Waals surface area contributed by atoms with E-state index in [2.05, 4.69) is 26.2 Å². The smallest absolute Gasteiger partial charge is 0.338 e. The number of allylic oxidation sites excluding steroid dienone is 1. The van der Waals surface area contributed by atoms with Crippen molar-refractivity contribution in [2.45, 2.75) is 23.9 Å². The van der Waals surface area contributed by atoms with Crippen molar-refractivity contribution in [1.82, 2.24) is 14.8 Å². The molecule has 4 rings (SSSR count). The summed E-state index contributed by atoms with van der Waals surface area (Å²) in [6.45, 7) is 1.82. The van der Waals surface area contributed by atoms with E-state index in [1.807, 2.05) is 49.4 Å². The minimum atomic E-state index is -0.576. The number of thioether (sulfide) groups is 1. The van der Waals surface area contributed by atoms with E-state index in [0.717, 1.165) is 15.6 Å². The predicted molar refractivity (Wildman–Crippen MR) is 128 cm³/mol. The van der Waals surface area contributed by atoms with Crippen molar-refractivity contribution in [2.75, 3.05) is 19.5 Å². The second kappa shape index (κ2) is 9.56. The molecule has 2 heterocycles. The summed E-state index contributed by atoms with van der Waals surface area (Å²) in [6.07, 6.45) is 0. The maximum Gasteiger partial charge on any atom is 0.338 e. The Kier molecular flexibility index (Phi) is 6.78. The van der Waals surface area contributed by atoms with Gasteiger partial charge in [-0.1, -0.05) is 57.5 Å². The van der Waals surface area contributed by atoms with Crippen LogP contribution < -0.4 is 10.1 Å². The van der Waals surface area contributed by atoms with Crippen LogP contribution in [0.1, 0.15) is 24.1 Å². The van der Waals surface area contributed by atoms with Gasteiger partial charge in [0.2, 0.25) is 11.1 Å². The molecule has 1 unspecified atom stereocenters. The Hall–Kier alpha value is -2.49. The Labute approximate surface area is 203 Å². The first-order valence-electron chi connectivity index (χ1n) is 9.65. The third-order valence-corrected chi connectivity index (χ3v) is 6.79. The van der Waals surface area contributed by atoms with E-state index in [-0.39, 0.29) is 0 Å². The number of nitrogens with zero attached hydrogens (tertiary/aromatic N) is 3. The maximum atomic E-state index is 12.8. The minimum Gasteiger partial charge on any atom is -0.496 e. The highest BCUT2D eigenvalue weighted by Gasteiger charge is 2.36. The van der Waals surface area contributed by atoms with Crippen molar-refractivity contribution in [1.29, 1.82) is 0 Å². The Morgan fingerprint density at radius 2 is 2.06 bits per heavy atom. The van der Waals surface area contributed by atoms with E-state index in [0.29, 0.717) is 38.9 Å². The fourth-order valence-corrected chi connectivity index (χ4v) is 5.02. The number of hydrogen-bond acceptors (Lipinski definition) is 7. The summed E-state index contributed by atoms with van der Waals surface area (Å²) < 4.78 is 13.2. The van der Waals surface area contributed by atoms with E-state index in [1.54, 1.807) is 11.8 Å². The standard InChI is InChI=1S/C22H20BrClN4O3S/c1-12-18(20(29)31-3)19(15-10-14(23)8-9-17(15)30-2)28-21(25-12)26-22(27-28)32-11-13-6-4-5-7-16(13)24/h4-10,19H,11H2,1-3H3,(H,25,26,27). The predicted octanol–water partition coefficient (Wildman–Crippen LogP) is 5.46.